The van der Waals surface area contributed by atoms with Crippen LogP contribution in [0.4, 0.5) is 10.2 Å². The number of aryl methyl sites for hydroxylation is 1. The fraction of sp³-hybridized carbons (Fsp3) is 0.458. The van der Waals surface area contributed by atoms with Gasteiger partial charge in [0.15, 0.2) is 5.79 Å². The maximum atomic E-state index is 13.7. The maximum Gasteiger partial charge on any atom is 0.163 e. The fourth-order valence-electron chi connectivity index (χ4n) is 4.32. The van der Waals surface area contributed by atoms with Gasteiger partial charge in [0.1, 0.15) is 36.2 Å². The van der Waals surface area contributed by atoms with E-state index in [-0.39, 0.29) is 30.4 Å². The van der Waals surface area contributed by atoms with Gasteiger partial charge in [-0.3, -0.25) is 0 Å². The number of rotatable bonds is 7. The molecule has 2 aromatic rings. The van der Waals surface area contributed by atoms with Crippen LogP contribution < -0.4 is 5.32 Å². The molecule has 0 amide bonds. The Labute approximate surface area is 192 Å². The largest absolute Gasteiger partial charge is 0.501 e. The Morgan fingerprint density at radius 1 is 1.33 bits per heavy atom. The van der Waals surface area contributed by atoms with Crippen molar-refractivity contribution in [3.8, 4) is 6.07 Å². The van der Waals surface area contributed by atoms with Crippen LogP contribution in [0.5, 0.6) is 0 Å². The second kappa shape index (κ2) is 9.43. The minimum absolute atomic E-state index is 0.0437. The third-order valence-corrected chi connectivity index (χ3v) is 5.87. The molecule has 1 aromatic carbocycles. The lowest BCUT2D eigenvalue weighted by Crippen LogP contribution is -2.35. The van der Waals surface area contributed by atoms with E-state index in [4.69, 9.17) is 19.5 Å². The van der Waals surface area contributed by atoms with Crippen molar-refractivity contribution in [3.63, 3.8) is 0 Å². The summed E-state index contributed by atoms with van der Waals surface area (Å²) in [6.07, 6.45) is 4.34. The highest BCUT2D eigenvalue weighted by Gasteiger charge is 2.53. The summed E-state index contributed by atoms with van der Waals surface area (Å²) in [6.45, 7) is 5.81. The van der Waals surface area contributed by atoms with Crippen LogP contribution in [0.25, 0.3) is 6.08 Å². The van der Waals surface area contributed by atoms with E-state index in [9.17, 15) is 9.50 Å². The number of aromatic nitrogens is 2. The first kappa shape index (κ1) is 23.1. The number of halogens is 1. The smallest absolute Gasteiger partial charge is 0.163 e. The maximum absolute atomic E-state index is 13.7. The molecule has 0 bridgehead atoms. The van der Waals surface area contributed by atoms with Crippen molar-refractivity contribution in [2.45, 2.75) is 63.8 Å². The molecule has 0 radical (unpaired) electrons. The van der Waals surface area contributed by atoms with Gasteiger partial charge in [-0.1, -0.05) is 12.1 Å². The zero-order valence-corrected chi connectivity index (χ0v) is 18.8. The van der Waals surface area contributed by atoms with Crippen LogP contribution in [0, 0.1) is 24.1 Å². The number of nitrogens with zero attached hydrogens (tertiary/aromatic N) is 3. The molecular formula is C24H27FN4O4. The predicted molar refractivity (Wildman–Crippen MR) is 118 cm³/mol. The van der Waals surface area contributed by atoms with E-state index in [0.29, 0.717) is 24.2 Å². The Bertz CT molecular complexity index is 1080. The van der Waals surface area contributed by atoms with Crippen LogP contribution in [-0.4, -0.2) is 51.8 Å². The van der Waals surface area contributed by atoms with Crippen molar-refractivity contribution >= 4 is 11.9 Å². The van der Waals surface area contributed by atoms with Gasteiger partial charge < -0.3 is 24.6 Å². The Morgan fingerprint density at radius 3 is 2.91 bits per heavy atom. The monoisotopic (exact) mass is 454 g/mol. The van der Waals surface area contributed by atoms with E-state index < -0.39 is 17.7 Å². The van der Waals surface area contributed by atoms with Crippen molar-refractivity contribution in [2.24, 2.45) is 0 Å². The summed E-state index contributed by atoms with van der Waals surface area (Å²) in [6, 6.07) is 6.28. The minimum Gasteiger partial charge on any atom is -0.501 e. The number of hydrogen-bond acceptors (Lipinski definition) is 8. The van der Waals surface area contributed by atoms with Crippen LogP contribution >= 0.6 is 0 Å². The lowest BCUT2D eigenvalue weighted by atomic mass is 10.1. The molecule has 174 valence electrons. The normalized spacial score (nSPS) is 25.7. The Morgan fingerprint density at radius 2 is 2.12 bits per heavy atom. The van der Waals surface area contributed by atoms with Gasteiger partial charge in [-0.05, 0) is 44.9 Å². The van der Waals surface area contributed by atoms with Crippen LogP contribution in [0.3, 0.4) is 0 Å². The summed E-state index contributed by atoms with van der Waals surface area (Å²) < 4.78 is 31.2. The SMILES string of the molecule is Cc1ncnc(N[C@@H]2C[C@H](O)[C@H]3OC(C)(C)O[C@H]32)c1/C=C/OCCc1cccc(F)c1C#N. The van der Waals surface area contributed by atoms with Crippen LogP contribution in [0.15, 0.2) is 30.8 Å². The third kappa shape index (κ3) is 4.98. The standard InChI is InChI=1S/C24H27FN4O4/c1-14-16(8-10-31-9-7-15-5-4-6-18(25)17(15)12-26)23(28-13-27-14)29-19-11-20(30)22-21(19)32-24(2,3)33-22/h4-6,8,10,13,19-22,30H,7,9,11H2,1-3H3,(H,27,28,29)/b10-8+/t19-,20+,21+,22-/m1/s1. The van der Waals surface area contributed by atoms with Crippen molar-refractivity contribution in [1.82, 2.24) is 9.97 Å². The molecule has 1 saturated carbocycles. The number of aliphatic hydroxyl groups is 1. The van der Waals surface area contributed by atoms with Gasteiger partial charge in [0.25, 0.3) is 0 Å². The van der Waals surface area contributed by atoms with Crippen molar-refractivity contribution < 1.29 is 23.7 Å². The van der Waals surface area contributed by atoms with Crippen molar-refractivity contribution in [1.29, 1.82) is 5.26 Å². The molecule has 2 fully saturated rings. The number of fused-ring (bicyclic) bond motifs is 1. The predicted octanol–water partition coefficient (Wildman–Crippen LogP) is 3.09. The second-order valence-corrected chi connectivity index (χ2v) is 8.65. The molecule has 0 unspecified atom stereocenters. The molecule has 1 saturated heterocycles. The summed E-state index contributed by atoms with van der Waals surface area (Å²) in [5, 5.41) is 22.9. The molecule has 2 aliphatic rings. The number of hydrogen-bond donors (Lipinski definition) is 2. The molecule has 0 spiro atoms. The van der Waals surface area contributed by atoms with Gasteiger partial charge in [0, 0.05) is 12.0 Å². The number of nitrogens with one attached hydrogen (secondary N) is 1. The minimum atomic E-state index is -0.748. The van der Waals surface area contributed by atoms with Gasteiger partial charge in [0.2, 0.25) is 0 Å². The highest BCUT2D eigenvalue weighted by Crippen LogP contribution is 2.39. The number of benzene rings is 1. The van der Waals surface area contributed by atoms with E-state index in [1.807, 2.05) is 26.8 Å². The van der Waals surface area contributed by atoms with Crippen LogP contribution in [0.1, 0.15) is 42.7 Å². The average molecular weight is 455 g/mol. The molecule has 8 nitrogen and oxygen atoms in total. The molecular weight excluding hydrogens is 427 g/mol. The highest BCUT2D eigenvalue weighted by atomic mass is 19.1. The van der Waals surface area contributed by atoms with Gasteiger partial charge in [-0.2, -0.15) is 5.26 Å². The summed E-state index contributed by atoms with van der Waals surface area (Å²) in [5.74, 6) is -0.676. The molecule has 1 aliphatic carbocycles. The third-order valence-electron chi connectivity index (χ3n) is 5.87. The number of anilines is 1. The molecule has 2 heterocycles. The number of aliphatic hydroxyl groups excluding tert-OH is 1. The number of ether oxygens (including phenoxy) is 3. The zero-order valence-electron chi connectivity index (χ0n) is 18.8. The summed E-state index contributed by atoms with van der Waals surface area (Å²) >= 11 is 0. The van der Waals surface area contributed by atoms with E-state index in [1.54, 1.807) is 18.2 Å². The van der Waals surface area contributed by atoms with Gasteiger partial charge in [-0.15, -0.1) is 0 Å². The summed E-state index contributed by atoms with van der Waals surface area (Å²) in [7, 11) is 0. The Hall–Kier alpha value is -3.06. The lowest BCUT2D eigenvalue weighted by Gasteiger charge is -2.24. The van der Waals surface area contributed by atoms with Crippen molar-refractivity contribution in [3.05, 3.63) is 59.0 Å². The quantitative estimate of drug-likeness (QED) is 0.485. The number of nitriles is 1. The first-order valence-corrected chi connectivity index (χ1v) is 10.9. The van der Waals surface area contributed by atoms with E-state index in [1.165, 1.54) is 18.7 Å². The molecule has 9 heteroatoms. The molecule has 1 aliphatic heterocycles. The first-order chi connectivity index (χ1) is 15.8. The topological polar surface area (TPSA) is 110 Å². The van der Waals surface area contributed by atoms with E-state index >= 15 is 0 Å². The summed E-state index contributed by atoms with van der Waals surface area (Å²) in [5.41, 5.74) is 2.14. The Balaban J connectivity index is 1.41. The van der Waals surface area contributed by atoms with Crippen LogP contribution in [-0.2, 0) is 20.6 Å². The van der Waals surface area contributed by atoms with Gasteiger partial charge in [0.05, 0.1) is 36.3 Å². The fourth-order valence-corrected chi connectivity index (χ4v) is 4.32. The average Bonchev–Trinajstić information content (AvgIpc) is 3.23. The molecule has 33 heavy (non-hydrogen) atoms. The first-order valence-electron chi connectivity index (χ1n) is 10.9. The van der Waals surface area contributed by atoms with Gasteiger partial charge in [-0.25, -0.2) is 14.4 Å². The van der Waals surface area contributed by atoms with Gasteiger partial charge >= 0.3 is 0 Å². The summed E-state index contributed by atoms with van der Waals surface area (Å²) in [4.78, 5) is 8.63. The second-order valence-electron chi connectivity index (χ2n) is 8.65. The molecule has 1 aromatic heterocycles. The van der Waals surface area contributed by atoms with Crippen molar-refractivity contribution in [2.75, 3.05) is 11.9 Å². The molecule has 2 N–H and O–H groups in total. The molecule has 4 rings (SSSR count). The van der Waals surface area contributed by atoms with E-state index in [0.717, 1.165) is 11.3 Å². The zero-order chi connectivity index (χ0) is 23.6. The van der Waals surface area contributed by atoms with E-state index in [2.05, 4.69) is 15.3 Å². The lowest BCUT2D eigenvalue weighted by molar-refractivity contribution is -0.162. The molecule has 4 atom stereocenters. The highest BCUT2D eigenvalue weighted by molar-refractivity contribution is 5.64. The Kier molecular flexibility index (Phi) is 6.61. The van der Waals surface area contributed by atoms with Crippen LogP contribution in [0.2, 0.25) is 0 Å².